The Kier molecular flexibility index (Phi) is 22.6. The molecule has 0 spiro atoms. The van der Waals surface area contributed by atoms with Gasteiger partial charge in [-0.05, 0) is 160 Å². The van der Waals surface area contributed by atoms with Crippen LogP contribution in [0, 0.1) is 30.1 Å². The fraction of sp³-hybridized carbons (Fsp3) is 0.465. The zero-order valence-electron chi connectivity index (χ0n) is 56.6. The number of nitrogens with zero attached hydrogens (tertiary/aromatic N) is 7. The first-order valence-electron chi connectivity index (χ1n) is 34.2. The molecule has 0 radical (unpaired) electrons. The van der Waals surface area contributed by atoms with Gasteiger partial charge in [0, 0.05) is 92.5 Å². The van der Waals surface area contributed by atoms with Gasteiger partial charge in [-0.1, -0.05) is 68.0 Å². The van der Waals surface area contributed by atoms with Gasteiger partial charge in [-0.15, -0.1) is 0 Å². The van der Waals surface area contributed by atoms with Crippen molar-refractivity contribution in [3.63, 3.8) is 0 Å². The van der Waals surface area contributed by atoms with Gasteiger partial charge in [-0.3, -0.25) is 48.2 Å². The Bertz CT molecular complexity index is 4220. The summed E-state index contributed by atoms with van der Waals surface area (Å²) in [6.07, 6.45) is 11.0. The summed E-state index contributed by atoms with van der Waals surface area (Å²) in [4.78, 5) is 130. The summed E-state index contributed by atoms with van der Waals surface area (Å²) in [7, 11) is -4.50. The van der Waals surface area contributed by atoms with Crippen LogP contribution in [0.3, 0.4) is 0 Å². The third kappa shape index (κ3) is 18.1. The highest BCUT2D eigenvalue weighted by Crippen LogP contribution is 2.63. The largest absolute Gasteiger partial charge is 0.476 e. The number of imide groups is 1. The summed E-state index contributed by atoms with van der Waals surface area (Å²) in [5.41, 5.74) is 10.2. The van der Waals surface area contributed by atoms with E-state index >= 15 is 0 Å². The van der Waals surface area contributed by atoms with Crippen LogP contribution in [0.1, 0.15) is 134 Å². The van der Waals surface area contributed by atoms with Gasteiger partial charge in [0.1, 0.15) is 24.5 Å². The summed E-state index contributed by atoms with van der Waals surface area (Å²) in [5.74, 6) is -3.77. The molecular formula is C71H85N13O15S2. The fourth-order valence-electron chi connectivity index (χ4n) is 15.2. The molecule has 4 aliphatic carbocycles. The van der Waals surface area contributed by atoms with Gasteiger partial charge in [0.05, 0.1) is 34.4 Å². The van der Waals surface area contributed by atoms with Crippen LogP contribution in [0.15, 0.2) is 97.2 Å². The number of para-hydroxylation sites is 1. The maximum Gasteiger partial charge on any atom is 0.410 e. The Balaban J connectivity index is 0.681. The van der Waals surface area contributed by atoms with Gasteiger partial charge in [0.25, 0.3) is 27.8 Å². The molecule has 4 saturated carbocycles. The molecule has 4 atom stereocenters. The lowest BCUT2D eigenvalue weighted by atomic mass is 9.48. The van der Waals surface area contributed by atoms with Crippen molar-refractivity contribution in [3.05, 3.63) is 131 Å². The molecule has 9 N–H and O–H groups in total. The summed E-state index contributed by atoms with van der Waals surface area (Å²) >= 11 is 1.40. The summed E-state index contributed by atoms with van der Waals surface area (Å²) in [6.45, 7) is 6.58. The van der Waals surface area contributed by atoms with E-state index in [0.717, 1.165) is 64.0 Å². The second-order valence-corrected chi connectivity index (χ2v) is 30.1. The number of carbonyl (C=O) groups excluding carboxylic acids is 8. The van der Waals surface area contributed by atoms with Crippen molar-refractivity contribution in [1.29, 1.82) is 0 Å². The number of hydrogen-bond donors (Lipinski definition) is 8. The number of carboxylic acids is 1. The van der Waals surface area contributed by atoms with Crippen LogP contribution in [0.4, 0.5) is 26.2 Å². The van der Waals surface area contributed by atoms with E-state index in [4.69, 9.17) is 25.3 Å². The van der Waals surface area contributed by atoms with E-state index in [1.54, 1.807) is 56.4 Å². The van der Waals surface area contributed by atoms with Gasteiger partial charge >= 0.3 is 18.1 Å². The van der Waals surface area contributed by atoms with E-state index in [1.807, 2.05) is 59.0 Å². The number of nitrogens with two attached hydrogens (primary N) is 1. The molecule has 28 nitrogen and oxygen atoms in total. The number of carboxylic acid groups (broad SMARTS) is 1. The van der Waals surface area contributed by atoms with Gasteiger partial charge in [-0.25, -0.2) is 24.4 Å². The minimum absolute atomic E-state index is 0.0480. The number of aromatic carboxylic acids is 1. The van der Waals surface area contributed by atoms with Crippen molar-refractivity contribution in [2.24, 2.45) is 28.9 Å². The number of primary amides is 1. The predicted molar refractivity (Wildman–Crippen MR) is 375 cm³/mol. The molecule has 4 fully saturated rings. The standard InChI is InChI=1S/C71H85N13O15S2/c1-43(2)61(79-58(85)16-5-4-8-27-83-59(86)23-24-60(83)87)65(90)76-55(14-10-26-73-67(72)93)64(89)75-49-19-17-45(18-20-49)40-98-69(94)81(30-32-101(95,96)97)29-31-99-71-36-46-33-47(37-71)35-70(34-46,41-71)42-84-44(3)52(38-74-84)50-21-22-57(78-62(50)66(91)92)82-28-25-48-11-9-12-51(53(48)39-82)63(88)80-68-77-54-13-6-7-15-56(54)100-68/h6-7,9,11-13,15,17-24,38,43,46-47,55,61H,4-5,8,10,14,16,25-37,39-42H2,1-3H3,(H,75,89)(H,76,90)(H,79,85)(H,91,92)(H3,72,73,93)(H,77,80,88)(H,95,96,97)/t46?,47?,55-,61-,70?,71?/m0/s1. The summed E-state index contributed by atoms with van der Waals surface area (Å²) in [5, 5.41) is 29.8. The molecule has 2 aliphatic heterocycles. The predicted octanol–water partition coefficient (Wildman–Crippen LogP) is 7.76. The van der Waals surface area contributed by atoms with E-state index in [2.05, 4.69) is 31.6 Å². The van der Waals surface area contributed by atoms with E-state index < -0.39 is 69.4 Å². The number of thiazole rings is 1. The normalized spacial score (nSPS) is 19.6. The number of carbonyl (C=O) groups is 9. The lowest BCUT2D eigenvalue weighted by Crippen LogP contribution is -2.58. The Hall–Kier alpha value is -9.65. The number of unbranched alkanes of at least 4 members (excludes halogenated alkanes) is 2. The van der Waals surface area contributed by atoms with Crippen LogP contribution in [0.2, 0.25) is 0 Å². The second kappa shape index (κ2) is 31.5. The molecular weight excluding hydrogens is 1340 g/mol. The van der Waals surface area contributed by atoms with Crippen LogP contribution in [-0.2, 0) is 69.7 Å². The number of aromatic nitrogens is 4. The summed E-state index contributed by atoms with van der Waals surface area (Å²) < 4.78 is 49.3. The molecule has 4 bridgehead atoms. The van der Waals surface area contributed by atoms with Crippen molar-refractivity contribution in [3.8, 4) is 11.1 Å². The van der Waals surface area contributed by atoms with Crippen LogP contribution >= 0.6 is 11.3 Å². The third-order valence-electron chi connectivity index (χ3n) is 19.7. The minimum atomic E-state index is -4.50. The average molecular weight is 1420 g/mol. The molecule has 6 aromatic rings. The number of fused-ring (bicyclic) bond motifs is 2. The van der Waals surface area contributed by atoms with E-state index in [1.165, 1.54) is 28.4 Å². The lowest BCUT2D eigenvalue weighted by molar-refractivity contribution is -0.197. The highest BCUT2D eigenvalue weighted by Gasteiger charge is 2.58. The molecule has 6 aliphatic rings. The first-order chi connectivity index (χ1) is 48.3. The quantitative estimate of drug-likeness (QED) is 0.0114. The number of ether oxygens (including phenoxy) is 2. The molecule has 101 heavy (non-hydrogen) atoms. The second-order valence-electron chi connectivity index (χ2n) is 27.5. The van der Waals surface area contributed by atoms with Crippen LogP contribution < -0.4 is 37.2 Å². The fourth-order valence-corrected chi connectivity index (χ4v) is 16.6. The van der Waals surface area contributed by atoms with E-state index in [9.17, 15) is 61.2 Å². The first-order valence-corrected chi connectivity index (χ1v) is 36.6. The number of rotatable bonds is 32. The van der Waals surface area contributed by atoms with Crippen molar-refractivity contribution in [2.45, 2.75) is 142 Å². The third-order valence-corrected chi connectivity index (χ3v) is 21.4. The van der Waals surface area contributed by atoms with Crippen LogP contribution in [-0.4, -0.2) is 164 Å². The molecule has 3 aromatic heterocycles. The van der Waals surface area contributed by atoms with Crippen molar-refractivity contribution in [1.82, 2.24) is 45.5 Å². The highest BCUT2D eigenvalue weighted by atomic mass is 32.2. The molecule has 536 valence electrons. The molecule has 0 saturated heterocycles. The molecule has 9 amide bonds. The van der Waals surface area contributed by atoms with Crippen molar-refractivity contribution in [2.75, 3.05) is 60.6 Å². The average Bonchev–Trinajstić information content (AvgIpc) is 1.11. The SMILES string of the molecule is Cc1c(-c2ccc(N3CCc4cccc(C(=O)Nc5nc6ccccc6s5)c4C3)nc2C(=O)O)cnn1CC12CC3CC(C1)CC(OCCN(CCS(=O)(=O)O)C(=O)OCc1ccc(NC(=O)[C@H](CCCNC(N)=O)NC(=O)[C@@H](NC(=O)CCCCCN4C(=O)C=CC4=O)C(C)C)cc1)(C3)C2. The Morgan fingerprint density at radius 2 is 1.59 bits per heavy atom. The number of benzene rings is 3. The number of anilines is 3. The number of amides is 9. The summed E-state index contributed by atoms with van der Waals surface area (Å²) in [6, 6.07) is 20.4. The van der Waals surface area contributed by atoms with E-state index in [-0.39, 0.29) is 93.4 Å². The van der Waals surface area contributed by atoms with Crippen molar-refractivity contribution >= 4 is 102 Å². The van der Waals surface area contributed by atoms with Gasteiger partial charge in [0.2, 0.25) is 17.7 Å². The Labute approximate surface area is 588 Å². The lowest BCUT2D eigenvalue weighted by Gasteiger charge is -2.61. The number of nitrogens with one attached hydrogen (secondary N) is 5. The molecule has 12 rings (SSSR count). The van der Waals surface area contributed by atoms with Gasteiger partial charge in [0.15, 0.2) is 10.8 Å². The Morgan fingerprint density at radius 3 is 2.31 bits per heavy atom. The number of pyridine rings is 1. The minimum Gasteiger partial charge on any atom is -0.476 e. The first kappa shape index (κ1) is 72.6. The van der Waals surface area contributed by atoms with Crippen LogP contribution in [0.25, 0.3) is 21.3 Å². The molecule has 5 heterocycles. The maximum atomic E-state index is 13.8. The zero-order valence-corrected chi connectivity index (χ0v) is 58.2. The molecule has 3 aromatic carbocycles. The number of hydrogen-bond acceptors (Lipinski definition) is 18. The monoisotopic (exact) mass is 1420 g/mol. The molecule has 2 unspecified atom stereocenters. The van der Waals surface area contributed by atoms with E-state index in [0.29, 0.717) is 102 Å². The van der Waals surface area contributed by atoms with Gasteiger partial charge in [-0.2, -0.15) is 13.5 Å². The molecule has 30 heteroatoms. The Morgan fingerprint density at radius 1 is 0.842 bits per heavy atom. The smallest absolute Gasteiger partial charge is 0.410 e. The zero-order chi connectivity index (χ0) is 71.8. The van der Waals surface area contributed by atoms with Crippen LogP contribution in [0.5, 0.6) is 0 Å². The van der Waals surface area contributed by atoms with Gasteiger partial charge < -0.3 is 51.4 Å². The number of urea groups is 1. The topological polar surface area (TPSA) is 386 Å². The maximum absolute atomic E-state index is 13.8. The van der Waals surface area contributed by atoms with Crippen molar-refractivity contribution < 1.29 is 70.7 Å². The highest BCUT2D eigenvalue weighted by molar-refractivity contribution is 7.85.